The Morgan fingerprint density at radius 2 is 2.33 bits per heavy atom. The van der Waals surface area contributed by atoms with Gasteiger partial charge in [-0.05, 0) is 25.7 Å². The fourth-order valence-corrected chi connectivity index (χ4v) is 2.84. The third-order valence-electron chi connectivity index (χ3n) is 3.73. The summed E-state index contributed by atoms with van der Waals surface area (Å²) in [5, 5.41) is 9.06. The highest BCUT2D eigenvalue weighted by Gasteiger charge is 2.37. The van der Waals surface area contributed by atoms with Crippen molar-refractivity contribution >= 4 is 5.97 Å². The van der Waals surface area contributed by atoms with Crippen LogP contribution in [0.3, 0.4) is 0 Å². The predicted octanol–water partition coefficient (Wildman–Crippen LogP) is 0.960. The van der Waals surface area contributed by atoms with Gasteiger partial charge >= 0.3 is 5.97 Å². The first kappa shape index (κ1) is 10.9. The number of rotatable bonds is 2. The molecule has 4 heteroatoms. The van der Waals surface area contributed by atoms with Gasteiger partial charge in [0.2, 0.25) is 0 Å². The number of carboxylic acid groups (broad SMARTS) is 1. The Bertz CT molecular complexity index is 244. The van der Waals surface area contributed by atoms with Crippen molar-refractivity contribution in [2.45, 2.75) is 38.3 Å². The second-order valence-electron chi connectivity index (χ2n) is 4.59. The normalized spacial score (nSPS) is 34.5. The highest BCUT2D eigenvalue weighted by Crippen LogP contribution is 2.32. The minimum absolute atomic E-state index is 0.378. The smallest absolute Gasteiger partial charge is 0.320 e. The van der Waals surface area contributed by atoms with Crippen LogP contribution in [0.4, 0.5) is 0 Å². The molecule has 3 atom stereocenters. The molecule has 2 fully saturated rings. The molecule has 1 aliphatic carbocycles. The van der Waals surface area contributed by atoms with Gasteiger partial charge in [0.1, 0.15) is 6.04 Å². The summed E-state index contributed by atoms with van der Waals surface area (Å²) in [5.74, 6) is -0.170. The van der Waals surface area contributed by atoms with Crippen molar-refractivity contribution in [1.29, 1.82) is 0 Å². The molecule has 0 amide bonds. The van der Waals surface area contributed by atoms with Gasteiger partial charge in [0, 0.05) is 12.6 Å². The number of nitrogens with zero attached hydrogens (tertiary/aromatic N) is 1. The third kappa shape index (κ3) is 2.16. The molecule has 0 radical (unpaired) electrons. The monoisotopic (exact) mass is 213 g/mol. The Balaban J connectivity index is 2.10. The van der Waals surface area contributed by atoms with E-state index in [2.05, 4.69) is 4.90 Å². The van der Waals surface area contributed by atoms with E-state index in [0.29, 0.717) is 18.6 Å². The summed E-state index contributed by atoms with van der Waals surface area (Å²) in [6, 6.07) is 0.0518. The molecule has 86 valence electrons. The number of carbonyl (C=O) groups is 1. The maximum atomic E-state index is 11.0. The average molecular weight is 213 g/mol. The van der Waals surface area contributed by atoms with E-state index >= 15 is 0 Å². The van der Waals surface area contributed by atoms with Crippen molar-refractivity contribution in [2.24, 2.45) is 5.92 Å². The standard InChI is InChI=1S/C11H19NO3/c1-8(11(13)14)12-5-6-15-7-9-3-2-4-10(9)12/h8-10H,2-7H2,1H3,(H,13,14)/t8-,9+,10-/m1/s1. The zero-order valence-electron chi connectivity index (χ0n) is 9.19. The van der Waals surface area contributed by atoms with Crippen molar-refractivity contribution in [3.63, 3.8) is 0 Å². The highest BCUT2D eigenvalue weighted by molar-refractivity contribution is 5.72. The maximum absolute atomic E-state index is 11.0. The van der Waals surface area contributed by atoms with Crippen molar-refractivity contribution < 1.29 is 14.6 Å². The van der Waals surface area contributed by atoms with Crippen LogP contribution in [0.2, 0.25) is 0 Å². The maximum Gasteiger partial charge on any atom is 0.320 e. The van der Waals surface area contributed by atoms with Gasteiger partial charge in [-0.25, -0.2) is 0 Å². The molecule has 1 saturated carbocycles. The molecule has 1 N–H and O–H groups in total. The second kappa shape index (κ2) is 4.49. The Labute approximate surface area is 90.2 Å². The summed E-state index contributed by atoms with van der Waals surface area (Å²) in [4.78, 5) is 13.1. The lowest BCUT2D eigenvalue weighted by atomic mass is 10.0. The summed E-state index contributed by atoms with van der Waals surface area (Å²) in [5.41, 5.74) is 0. The van der Waals surface area contributed by atoms with Gasteiger partial charge in [-0.1, -0.05) is 6.42 Å². The zero-order valence-corrected chi connectivity index (χ0v) is 9.19. The number of fused-ring (bicyclic) bond motifs is 1. The van der Waals surface area contributed by atoms with Crippen LogP contribution in [0.1, 0.15) is 26.2 Å². The minimum atomic E-state index is -0.720. The molecule has 0 aromatic heterocycles. The summed E-state index contributed by atoms with van der Waals surface area (Å²) in [7, 11) is 0. The fourth-order valence-electron chi connectivity index (χ4n) is 2.84. The molecule has 1 saturated heterocycles. The van der Waals surface area contributed by atoms with Crippen molar-refractivity contribution in [3.8, 4) is 0 Å². The summed E-state index contributed by atoms with van der Waals surface area (Å²) in [6.45, 7) is 4.02. The van der Waals surface area contributed by atoms with Crippen LogP contribution in [0, 0.1) is 5.92 Å². The lowest BCUT2D eigenvalue weighted by Crippen LogP contribution is -2.47. The first-order chi connectivity index (χ1) is 7.20. The van der Waals surface area contributed by atoms with E-state index in [0.717, 1.165) is 19.6 Å². The van der Waals surface area contributed by atoms with Gasteiger partial charge in [0.15, 0.2) is 0 Å². The van der Waals surface area contributed by atoms with Gasteiger partial charge in [0.25, 0.3) is 0 Å². The third-order valence-corrected chi connectivity index (χ3v) is 3.73. The van der Waals surface area contributed by atoms with Crippen molar-refractivity contribution in [1.82, 2.24) is 4.90 Å². The van der Waals surface area contributed by atoms with E-state index in [1.165, 1.54) is 12.8 Å². The van der Waals surface area contributed by atoms with Gasteiger partial charge in [0.05, 0.1) is 13.2 Å². The van der Waals surface area contributed by atoms with Crippen LogP contribution < -0.4 is 0 Å². The Morgan fingerprint density at radius 3 is 3.07 bits per heavy atom. The van der Waals surface area contributed by atoms with E-state index in [1.807, 2.05) is 0 Å². The highest BCUT2D eigenvalue weighted by atomic mass is 16.5. The fraction of sp³-hybridized carbons (Fsp3) is 0.909. The molecule has 15 heavy (non-hydrogen) atoms. The Hall–Kier alpha value is -0.610. The van der Waals surface area contributed by atoms with E-state index in [1.54, 1.807) is 6.92 Å². The number of ether oxygens (including phenoxy) is 1. The molecule has 4 nitrogen and oxygen atoms in total. The molecule has 2 rings (SSSR count). The van der Waals surface area contributed by atoms with Gasteiger partial charge in [-0.3, -0.25) is 9.69 Å². The van der Waals surface area contributed by atoms with Crippen LogP contribution in [0.15, 0.2) is 0 Å². The lowest BCUT2D eigenvalue weighted by Gasteiger charge is -2.32. The van der Waals surface area contributed by atoms with Crippen LogP contribution in [0.5, 0.6) is 0 Å². The van der Waals surface area contributed by atoms with Gasteiger partial charge in [-0.2, -0.15) is 0 Å². The Kier molecular flexibility index (Phi) is 3.26. The zero-order chi connectivity index (χ0) is 10.8. The lowest BCUT2D eigenvalue weighted by molar-refractivity contribution is -0.143. The number of hydrogen-bond donors (Lipinski definition) is 1. The van der Waals surface area contributed by atoms with Crippen molar-refractivity contribution in [3.05, 3.63) is 0 Å². The predicted molar refractivity (Wildman–Crippen MR) is 55.8 cm³/mol. The summed E-state index contributed by atoms with van der Waals surface area (Å²) in [6.07, 6.45) is 3.53. The summed E-state index contributed by atoms with van der Waals surface area (Å²) < 4.78 is 5.53. The van der Waals surface area contributed by atoms with Crippen LogP contribution in [-0.4, -0.2) is 47.8 Å². The molecular weight excluding hydrogens is 194 g/mol. The second-order valence-corrected chi connectivity index (χ2v) is 4.59. The molecule has 0 aromatic rings. The van der Waals surface area contributed by atoms with Gasteiger partial charge in [-0.15, -0.1) is 0 Å². The molecule has 1 heterocycles. The number of aliphatic carboxylic acids is 1. The van der Waals surface area contributed by atoms with Crippen LogP contribution in [-0.2, 0) is 9.53 Å². The molecule has 0 unspecified atom stereocenters. The van der Waals surface area contributed by atoms with E-state index in [-0.39, 0.29) is 6.04 Å². The topological polar surface area (TPSA) is 49.8 Å². The number of hydrogen-bond acceptors (Lipinski definition) is 3. The largest absolute Gasteiger partial charge is 0.480 e. The van der Waals surface area contributed by atoms with Crippen LogP contribution in [0.25, 0.3) is 0 Å². The molecular formula is C11H19NO3. The molecule has 0 bridgehead atoms. The quantitative estimate of drug-likeness (QED) is 0.742. The molecule has 0 spiro atoms. The summed E-state index contributed by atoms with van der Waals surface area (Å²) >= 11 is 0. The van der Waals surface area contributed by atoms with Gasteiger partial charge < -0.3 is 9.84 Å². The number of carboxylic acids is 1. The van der Waals surface area contributed by atoms with Crippen molar-refractivity contribution in [2.75, 3.05) is 19.8 Å². The first-order valence-electron chi connectivity index (χ1n) is 5.76. The van der Waals surface area contributed by atoms with E-state index in [9.17, 15) is 4.79 Å². The average Bonchev–Trinajstić information content (AvgIpc) is 2.57. The van der Waals surface area contributed by atoms with E-state index < -0.39 is 5.97 Å². The minimum Gasteiger partial charge on any atom is -0.480 e. The molecule has 1 aliphatic heterocycles. The SMILES string of the molecule is C[C@H](C(=O)O)N1CCOC[C@@H]2CCC[C@H]21. The van der Waals surface area contributed by atoms with Crippen LogP contribution >= 0.6 is 0 Å². The molecule has 0 aromatic carbocycles. The first-order valence-corrected chi connectivity index (χ1v) is 5.76. The Morgan fingerprint density at radius 1 is 1.53 bits per heavy atom. The molecule has 2 aliphatic rings. The van der Waals surface area contributed by atoms with E-state index in [4.69, 9.17) is 9.84 Å².